The van der Waals surface area contributed by atoms with Crippen LogP contribution in [-0.2, 0) is 11.8 Å². The van der Waals surface area contributed by atoms with E-state index in [9.17, 15) is 18.0 Å². The number of aromatic nitrogens is 4. The lowest BCUT2D eigenvalue weighted by Crippen LogP contribution is -2.44. The largest absolute Gasteiger partial charge is 0.395 e. The number of carbonyl (C=O) groups excluding carboxylic acids is 1. The number of carbonyl (C=O) groups is 1. The van der Waals surface area contributed by atoms with E-state index in [-0.39, 0.29) is 31.2 Å². The van der Waals surface area contributed by atoms with E-state index < -0.39 is 11.6 Å². The van der Waals surface area contributed by atoms with E-state index in [2.05, 4.69) is 20.4 Å². The third-order valence-corrected chi connectivity index (χ3v) is 6.80. The number of hydrogen-bond donors (Lipinski definition) is 1. The zero-order valence-electron chi connectivity index (χ0n) is 18.3. The van der Waals surface area contributed by atoms with Crippen molar-refractivity contribution in [3.8, 4) is 11.1 Å². The number of likely N-dealkylation sites (tertiary alicyclic amines) is 1. The molecule has 0 aromatic carbocycles. The first kappa shape index (κ1) is 21.8. The summed E-state index contributed by atoms with van der Waals surface area (Å²) in [4.78, 5) is 23.4. The summed E-state index contributed by atoms with van der Waals surface area (Å²) in [6.45, 7) is 1.04. The summed E-state index contributed by atoms with van der Waals surface area (Å²) in [6.07, 6.45) is 4.40. The number of hydrogen-bond acceptors (Lipinski definition) is 5. The van der Waals surface area contributed by atoms with Gasteiger partial charge >= 0.3 is 6.18 Å². The second-order valence-corrected chi connectivity index (χ2v) is 9.21. The maximum atomic E-state index is 13.2. The molecule has 0 spiro atoms. The first-order valence-electron chi connectivity index (χ1n) is 11.1. The monoisotopic (exact) mass is 458 g/mol. The zero-order valence-corrected chi connectivity index (χ0v) is 18.3. The third-order valence-electron chi connectivity index (χ3n) is 6.80. The molecule has 1 saturated heterocycles. The Balaban J connectivity index is 1.21. The summed E-state index contributed by atoms with van der Waals surface area (Å²) < 4.78 is 41.4. The van der Waals surface area contributed by atoms with Crippen molar-refractivity contribution in [2.75, 3.05) is 25.0 Å². The summed E-state index contributed by atoms with van der Waals surface area (Å²) in [5.41, 5.74) is 1.05. The van der Waals surface area contributed by atoms with E-state index in [0.717, 1.165) is 16.5 Å². The highest BCUT2D eigenvalue weighted by atomic mass is 19.4. The second-order valence-electron chi connectivity index (χ2n) is 9.21. The predicted molar refractivity (Wildman–Crippen MR) is 117 cm³/mol. The van der Waals surface area contributed by atoms with Gasteiger partial charge in [-0.05, 0) is 50.9 Å². The van der Waals surface area contributed by atoms with Gasteiger partial charge < -0.3 is 10.2 Å². The van der Waals surface area contributed by atoms with Gasteiger partial charge in [-0.25, -0.2) is 4.98 Å². The molecule has 1 amide bonds. The van der Waals surface area contributed by atoms with Gasteiger partial charge in [-0.1, -0.05) is 0 Å². The van der Waals surface area contributed by atoms with Crippen molar-refractivity contribution >= 4 is 22.6 Å². The fourth-order valence-electron chi connectivity index (χ4n) is 4.52. The van der Waals surface area contributed by atoms with Crippen molar-refractivity contribution in [3.05, 3.63) is 36.9 Å². The van der Waals surface area contributed by atoms with Gasteiger partial charge in [0, 0.05) is 48.4 Å². The van der Waals surface area contributed by atoms with Gasteiger partial charge in [0.2, 0.25) is 5.91 Å². The molecule has 4 heterocycles. The van der Waals surface area contributed by atoms with E-state index in [4.69, 9.17) is 0 Å². The van der Waals surface area contributed by atoms with Gasteiger partial charge in [0.25, 0.3) is 0 Å². The minimum atomic E-state index is -4.14. The van der Waals surface area contributed by atoms with Crippen molar-refractivity contribution in [2.24, 2.45) is 18.4 Å². The highest BCUT2D eigenvalue weighted by Crippen LogP contribution is 2.58. The number of halogens is 3. The first-order valence-corrected chi connectivity index (χ1v) is 11.1. The van der Waals surface area contributed by atoms with Crippen molar-refractivity contribution in [2.45, 2.75) is 31.9 Å². The molecule has 3 aromatic heterocycles. The van der Waals surface area contributed by atoms with Gasteiger partial charge in [-0.3, -0.25) is 14.5 Å². The number of rotatable bonds is 5. The minimum absolute atomic E-state index is 0.0450. The zero-order chi connectivity index (χ0) is 23.2. The molecular formula is C23H25F3N6O. The molecule has 0 bridgehead atoms. The molecule has 174 valence electrons. The Bertz CT molecular complexity index is 1180. The fourth-order valence-corrected chi connectivity index (χ4v) is 4.52. The van der Waals surface area contributed by atoms with E-state index in [1.54, 1.807) is 29.3 Å². The minimum Gasteiger partial charge on any atom is -0.310 e. The average molecular weight is 458 g/mol. The van der Waals surface area contributed by atoms with Crippen LogP contribution >= 0.6 is 0 Å². The van der Waals surface area contributed by atoms with Crippen LogP contribution in [0.4, 0.5) is 19.0 Å². The van der Waals surface area contributed by atoms with Crippen molar-refractivity contribution in [1.29, 1.82) is 0 Å². The molecule has 2 aliphatic rings. The highest BCUT2D eigenvalue weighted by molar-refractivity contribution is 5.94. The fraction of sp³-hybridized carbons (Fsp3) is 0.478. The molecule has 1 aliphatic carbocycles. The smallest absolute Gasteiger partial charge is 0.310 e. The first-order chi connectivity index (χ1) is 15.7. The Labute approximate surface area is 189 Å². The van der Waals surface area contributed by atoms with Crippen LogP contribution in [0.2, 0.25) is 0 Å². The van der Waals surface area contributed by atoms with Crippen LogP contribution in [0.1, 0.15) is 25.7 Å². The van der Waals surface area contributed by atoms with Crippen LogP contribution < -0.4 is 5.32 Å². The third kappa shape index (κ3) is 4.44. The molecule has 1 N–H and O–H groups in total. The maximum absolute atomic E-state index is 13.2. The molecule has 7 nitrogen and oxygen atoms in total. The van der Waals surface area contributed by atoms with Crippen LogP contribution in [-0.4, -0.2) is 56.4 Å². The molecule has 10 heteroatoms. The Morgan fingerprint density at radius 3 is 2.52 bits per heavy atom. The molecule has 1 aliphatic heterocycles. The lowest BCUT2D eigenvalue weighted by Gasteiger charge is -2.34. The molecule has 5 rings (SSSR count). The topological polar surface area (TPSA) is 75.9 Å². The van der Waals surface area contributed by atoms with Gasteiger partial charge in [0.05, 0.1) is 23.3 Å². The molecule has 0 radical (unpaired) electrons. The molecule has 0 unspecified atom stereocenters. The molecule has 3 aromatic rings. The predicted octanol–water partition coefficient (Wildman–Crippen LogP) is 4.02. The number of alkyl halides is 3. The van der Waals surface area contributed by atoms with Crippen LogP contribution in [0.3, 0.4) is 0 Å². The Kier molecular flexibility index (Phi) is 5.35. The van der Waals surface area contributed by atoms with Crippen molar-refractivity contribution in [1.82, 2.24) is 24.6 Å². The number of piperidine rings is 1. The van der Waals surface area contributed by atoms with Gasteiger partial charge in [-0.15, -0.1) is 0 Å². The normalized spacial score (nSPS) is 19.0. The number of nitrogens with zero attached hydrogens (tertiary/aromatic N) is 5. The number of amides is 1. The van der Waals surface area contributed by atoms with Crippen LogP contribution in [0.5, 0.6) is 0 Å². The van der Waals surface area contributed by atoms with Crippen molar-refractivity contribution in [3.63, 3.8) is 0 Å². The standard InChI is InChI=1S/C23H25F3N6O/c1-31-13-18(11-29-31)17-8-16-9-20(28-12-19(16)27-10-17)30-21(33)15-2-6-32(7-3-15)14-22(4-5-22)23(24,25)26/h8-13,15H,2-7,14H2,1H3,(H,28,30,33). The average Bonchev–Trinajstić information content (AvgIpc) is 3.45. The van der Waals surface area contributed by atoms with Crippen LogP contribution in [0.25, 0.3) is 22.0 Å². The molecular weight excluding hydrogens is 433 g/mol. The lowest BCUT2D eigenvalue weighted by molar-refractivity contribution is -0.192. The van der Waals surface area contributed by atoms with Crippen LogP contribution in [0.15, 0.2) is 36.9 Å². The van der Waals surface area contributed by atoms with Gasteiger partial charge in [0.1, 0.15) is 5.82 Å². The summed E-state index contributed by atoms with van der Waals surface area (Å²) >= 11 is 0. The van der Waals surface area contributed by atoms with E-state index in [0.29, 0.717) is 37.3 Å². The molecule has 0 atom stereocenters. The SMILES string of the molecule is Cn1cc(-c2cnc3cnc(NC(=O)C4CCN(CC5(C(F)(F)F)CC5)CC4)cc3c2)cn1. The highest BCUT2D eigenvalue weighted by Gasteiger charge is 2.63. The van der Waals surface area contributed by atoms with E-state index >= 15 is 0 Å². The number of anilines is 1. The molecule has 2 fully saturated rings. The number of fused-ring (bicyclic) bond motifs is 1. The second kappa shape index (κ2) is 8.09. The summed E-state index contributed by atoms with van der Waals surface area (Å²) in [6, 6.07) is 3.76. The Morgan fingerprint density at radius 2 is 1.88 bits per heavy atom. The quantitative estimate of drug-likeness (QED) is 0.625. The Hall–Kier alpha value is -3.01. The summed E-state index contributed by atoms with van der Waals surface area (Å²) in [7, 11) is 1.85. The van der Waals surface area contributed by atoms with Crippen LogP contribution in [0, 0.1) is 11.3 Å². The summed E-state index contributed by atoms with van der Waals surface area (Å²) in [5.74, 6) is 0.0588. The summed E-state index contributed by atoms with van der Waals surface area (Å²) in [5, 5.41) is 7.90. The van der Waals surface area contributed by atoms with Gasteiger partial charge in [0.15, 0.2) is 0 Å². The Morgan fingerprint density at radius 1 is 1.12 bits per heavy atom. The van der Waals surface area contributed by atoms with E-state index in [1.165, 1.54) is 0 Å². The van der Waals surface area contributed by atoms with E-state index in [1.807, 2.05) is 24.2 Å². The number of pyridine rings is 2. The molecule has 1 saturated carbocycles. The van der Waals surface area contributed by atoms with Crippen molar-refractivity contribution < 1.29 is 18.0 Å². The number of aryl methyl sites for hydroxylation is 1. The lowest BCUT2D eigenvalue weighted by atomic mass is 9.94. The number of nitrogens with one attached hydrogen (secondary N) is 1. The maximum Gasteiger partial charge on any atom is 0.395 e. The van der Waals surface area contributed by atoms with Gasteiger partial charge in [-0.2, -0.15) is 18.3 Å². The molecule has 33 heavy (non-hydrogen) atoms.